The normalized spacial score (nSPS) is 19.7. The summed E-state index contributed by atoms with van der Waals surface area (Å²) < 4.78 is 2.07. The zero-order valence-corrected chi connectivity index (χ0v) is 19.0. The minimum absolute atomic E-state index is 0.156. The number of benzene rings is 3. The smallest absolute Gasteiger partial charge is 0.185 e. The van der Waals surface area contributed by atoms with E-state index >= 15 is 0 Å². The number of halogens is 2. The van der Waals surface area contributed by atoms with Gasteiger partial charge in [-0.1, -0.05) is 86.5 Å². The van der Waals surface area contributed by atoms with Crippen LogP contribution in [0.2, 0.25) is 0 Å². The first-order valence-corrected chi connectivity index (χ1v) is 11.2. The minimum Gasteiger partial charge on any atom is -0.289 e. The Bertz CT molecular complexity index is 994. The van der Waals surface area contributed by atoms with E-state index in [4.69, 9.17) is 0 Å². The van der Waals surface area contributed by atoms with E-state index in [0.717, 1.165) is 44.1 Å². The Balaban J connectivity index is 1.73. The van der Waals surface area contributed by atoms with E-state index in [-0.39, 0.29) is 5.78 Å². The summed E-state index contributed by atoms with van der Waals surface area (Å²) in [5, 5.41) is 0. The number of hydrogen-bond donors (Lipinski definition) is 0. The second kappa shape index (κ2) is 9.06. The molecule has 0 amide bonds. The lowest BCUT2D eigenvalue weighted by Gasteiger charge is -2.26. The molecule has 3 heteroatoms. The first kappa shape index (κ1) is 20.1. The number of rotatable bonds is 3. The highest BCUT2D eigenvalue weighted by Crippen LogP contribution is 2.38. The van der Waals surface area contributed by atoms with Crippen LogP contribution < -0.4 is 0 Å². The van der Waals surface area contributed by atoms with Gasteiger partial charge in [-0.15, -0.1) is 0 Å². The molecule has 1 saturated carbocycles. The van der Waals surface area contributed by atoms with Crippen LogP contribution in [0.25, 0.3) is 12.2 Å². The van der Waals surface area contributed by atoms with Crippen molar-refractivity contribution in [2.45, 2.75) is 18.8 Å². The second-order valence-electron chi connectivity index (χ2n) is 7.29. The van der Waals surface area contributed by atoms with Crippen molar-refractivity contribution in [1.29, 1.82) is 0 Å². The summed E-state index contributed by atoms with van der Waals surface area (Å²) in [6.45, 7) is 0. The molecule has 0 unspecified atom stereocenters. The summed E-state index contributed by atoms with van der Waals surface area (Å²) in [5.74, 6) is 0.459. The number of hydrogen-bond acceptors (Lipinski definition) is 1. The van der Waals surface area contributed by atoms with Gasteiger partial charge in [0.1, 0.15) is 0 Å². The Morgan fingerprint density at radius 2 is 1.10 bits per heavy atom. The Kier molecular flexibility index (Phi) is 6.27. The molecule has 0 radical (unpaired) electrons. The van der Waals surface area contributed by atoms with Gasteiger partial charge in [0.15, 0.2) is 5.78 Å². The highest BCUT2D eigenvalue weighted by atomic mass is 79.9. The third-order valence-electron chi connectivity index (χ3n) is 5.21. The molecule has 3 aromatic rings. The molecule has 0 N–H and O–H groups in total. The fourth-order valence-electron chi connectivity index (χ4n) is 3.72. The van der Waals surface area contributed by atoms with Crippen LogP contribution in [0.4, 0.5) is 0 Å². The standard InChI is InChI=1S/C26H20Br2O/c27-24-10-6-18(7-11-24)14-22-16-21(20-4-2-1-3-5-20)17-23(26(22)29)15-19-8-12-25(28)13-9-19/h1-15,21H,16-17H2. The quantitative estimate of drug-likeness (QED) is 0.330. The average Bonchev–Trinajstić information content (AvgIpc) is 2.74. The molecular formula is C26H20Br2O. The van der Waals surface area contributed by atoms with E-state index in [0.29, 0.717) is 5.92 Å². The molecule has 3 aromatic carbocycles. The summed E-state index contributed by atoms with van der Waals surface area (Å²) in [5.41, 5.74) is 5.12. The van der Waals surface area contributed by atoms with Crippen LogP contribution in [-0.4, -0.2) is 5.78 Å². The van der Waals surface area contributed by atoms with Crippen molar-refractivity contribution < 1.29 is 4.79 Å². The highest BCUT2D eigenvalue weighted by Gasteiger charge is 2.28. The van der Waals surface area contributed by atoms with Gasteiger partial charge in [0.05, 0.1) is 0 Å². The predicted octanol–water partition coefficient (Wildman–Crippen LogP) is 7.83. The number of ketones is 1. The maximum absolute atomic E-state index is 13.3. The Hall–Kier alpha value is -2.23. The SMILES string of the molecule is O=C1C(=Cc2ccc(Br)cc2)CC(c2ccccc2)CC1=Cc1ccc(Br)cc1. The van der Waals surface area contributed by atoms with Crippen molar-refractivity contribution in [2.75, 3.05) is 0 Å². The van der Waals surface area contributed by atoms with Crippen LogP contribution in [0, 0.1) is 0 Å². The molecular weight excluding hydrogens is 488 g/mol. The molecule has 144 valence electrons. The molecule has 0 heterocycles. The molecule has 4 rings (SSSR count). The zero-order chi connectivity index (χ0) is 20.2. The Morgan fingerprint density at radius 3 is 1.55 bits per heavy atom. The van der Waals surface area contributed by atoms with Gasteiger partial charge in [0, 0.05) is 20.1 Å². The number of carbonyl (C=O) groups is 1. The topological polar surface area (TPSA) is 17.1 Å². The molecule has 1 nitrogen and oxygen atoms in total. The van der Waals surface area contributed by atoms with Gasteiger partial charge in [-0.2, -0.15) is 0 Å². The van der Waals surface area contributed by atoms with Crippen LogP contribution in [0.5, 0.6) is 0 Å². The van der Waals surface area contributed by atoms with Crippen molar-refractivity contribution in [1.82, 2.24) is 0 Å². The summed E-state index contributed by atoms with van der Waals surface area (Å²) in [4.78, 5) is 13.3. The van der Waals surface area contributed by atoms with E-state index in [1.807, 2.05) is 66.7 Å². The molecule has 0 atom stereocenters. The van der Waals surface area contributed by atoms with Crippen LogP contribution in [0.15, 0.2) is 99.0 Å². The van der Waals surface area contributed by atoms with Crippen molar-refractivity contribution in [3.63, 3.8) is 0 Å². The summed E-state index contributed by atoms with van der Waals surface area (Å²) >= 11 is 6.95. The van der Waals surface area contributed by atoms with E-state index in [9.17, 15) is 4.79 Å². The lowest BCUT2D eigenvalue weighted by atomic mass is 9.77. The monoisotopic (exact) mass is 506 g/mol. The fraction of sp³-hybridized carbons (Fsp3) is 0.115. The number of carbonyl (C=O) groups excluding carboxylic acids is 1. The molecule has 1 fully saturated rings. The maximum atomic E-state index is 13.3. The minimum atomic E-state index is 0.156. The highest BCUT2D eigenvalue weighted by molar-refractivity contribution is 9.10. The van der Waals surface area contributed by atoms with Crippen LogP contribution >= 0.6 is 31.9 Å². The first-order valence-electron chi connectivity index (χ1n) is 9.60. The summed E-state index contributed by atoms with van der Waals surface area (Å²) in [6.07, 6.45) is 5.60. The van der Waals surface area contributed by atoms with Gasteiger partial charge >= 0.3 is 0 Å². The van der Waals surface area contributed by atoms with E-state index < -0.39 is 0 Å². The third kappa shape index (κ3) is 5.04. The van der Waals surface area contributed by atoms with Crippen molar-refractivity contribution in [3.05, 3.63) is 116 Å². The Labute approximate surface area is 188 Å². The van der Waals surface area contributed by atoms with Gasteiger partial charge in [0.25, 0.3) is 0 Å². The van der Waals surface area contributed by atoms with Crippen molar-refractivity contribution in [2.24, 2.45) is 0 Å². The molecule has 0 aromatic heterocycles. The molecule has 29 heavy (non-hydrogen) atoms. The first-order chi connectivity index (χ1) is 14.1. The zero-order valence-electron chi connectivity index (χ0n) is 15.8. The molecule has 1 aliphatic carbocycles. The molecule has 0 aliphatic heterocycles. The third-order valence-corrected chi connectivity index (χ3v) is 6.27. The van der Waals surface area contributed by atoms with Crippen LogP contribution in [0.3, 0.4) is 0 Å². The van der Waals surface area contributed by atoms with Gasteiger partial charge in [-0.25, -0.2) is 0 Å². The predicted molar refractivity (Wildman–Crippen MR) is 128 cm³/mol. The fourth-order valence-corrected chi connectivity index (χ4v) is 4.25. The lowest BCUT2D eigenvalue weighted by molar-refractivity contribution is -0.113. The lowest BCUT2D eigenvalue weighted by Crippen LogP contribution is -2.19. The maximum Gasteiger partial charge on any atom is 0.185 e. The van der Waals surface area contributed by atoms with Gasteiger partial charge in [-0.3, -0.25) is 4.79 Å². The van der Waals surface area contributed by atoms with Crippen molar-refractivity contribution in [3.8, 4) is 0 Å². The molecule has 1 aliphatic rings. The summed E-state index contributed by atoms with van der Waals surface area (Å²) in [6, 6.07) is 26.7. The largest absolute Gasteiger partial charge is 0.289 e. The van der Waals surface area contributed by atoms with Gasteiger partial charge in [0.2, 0.25) is 0 Å². The Morgan fingerprint density at radius 1 is 0.655 bits per heavy atom. The van der Waals surface area contributed by atoms with Gasteiger partial charge < -0.3 is 0 Å². The van der Waals surface area contributed by atoms with E-state index in [2.05, 4.69) is 56.1 Å². The second-order valence-corrected chi connectivity index (χ2v) is 9.12. The van der Waals surface area contributed by atoms with Crippen LogP contribution in [0.1, 0.15) is 35.4 Å². The average molecular weight is 508 g/mol. The van der Waals surface area contributed by atoms with Gasteiger partial charge in [-0.05, 0) is 71.9 Å². The van der Waals surface area contributed by atoms with E-state index in [1.54, 1.807) is 0 Å². The van der Waals surface area contributed by atoms with E-state index in [1.165, 1.54) is 5.56 Å². The molecule has 0 saturated heterocycles. The van der Waals surface area contributed by atoms with Crippen LogP contribution in [-0.2, 0) is 4.79 Å². The number of allylic oxidation sites excluding steroid dienone is 2. The van der Waals surface area contributed by atoms with Crippen molar-refractivity contribution >= 4 is 49.8 Å². The summed E-state index contributed by atoms with van der Waals surface area (Å²) in [7, 11) is 0. The molecule has 0 bridgehead atoms. The number of Topliss-reactive ketones (excluding diaryl/α,β-unsaturated/α-hetero) is 1. The molecule has 0 spiro atoms.